The van der Waals surface area contributed by atoms with E-state index in [1.165, 1.54) is 0 Å². The van der Waals surface area contributed by atoms with Crippen LogP contribution in [0.2, 0.25) is 5.28 Å². The van der Waals surface area contributed by atoms with Crippen LogP contribution in [0.15, 0.2) is 16.0 Å². The summed E-state index contributed by atoms with van der Waals surface area (Å²) in [5.74, 6) is 0.254. The van der Waals surface area contributed by atoms with Gasteiger partial charge in [0.15, 0.2) is 5.52 Å². The second-order valence-corrected chi connectivity index (χ2v) is 8.29. The summed E-state index contributed by atoms with van der Waals surface area (Å²) < 4.78 is 4.13. The Hall–Kier alpha value is -1.31. The molecule has 0 aromatic carbocycles. The van der Waals surface area contributed by atoms with Crippen LogP contribution >= 0.6 is 38.9 Å². The number of nitrogen functional groups attached to an aromatic ring is 1. The number of anilines is 1. The SMILES string of the molecule is CCC(C)(C)[n+]1c(Cl)nc(-c2cnc(N)nc2C)c2scc(Br)c21. The van der Waals surface area contributed by atoms with Crippen molar-refractivity contribution >= 4 is 55.0 Å². The van der Waals surface area contributed by atoms with Gasteiger partial charge in [-0.15, -0.1) is 11.3 Å². The lowest BCUT2D eigenvalue weighted by Crippen LogP contribution is -2.53. The van der Waals surface area contributed by atoms with Crippen molar-refractivity contribution < 1.29 is 4.57 Å². The zero-order valence-electron chi connectivity index (χ0n) is 13.9. The van der Waals surface area contributed by atoms with Crippen LogP contribution in [0.5, 0.6) is 0 Å². The summed E-state index contributed by atoms with van der Waals surface area (Å²) >= 11 is 11.9. The zero-order chi connectivity index (χ0) is 17.6. The average molecular weight is 428 g/mol. The molecule has 0 radical (unpaired) electrons. The molecule has 0 fully saturated rings. The number of aromatic nitrogens is 4. The second kappa shape index (κ2) is 6.20. The van der Waals surface area contributed by atoms with Gasteiger partial charge in [0, 0.05) is 23.2 Å². The average Bonchev–Trinajstić information content (AvgIpc) is 2.88. The predicted molar refractivity (Wildman–Crippen MR) is 102 cm³/mol. The minimum atomic E-state index is -0.156. The summed E-state index contributed by atoms with van der Waals surface area (Å²) in [5, 5.41) is 2.50. The molecular weight excluding hydrogens is 410 g/mol. The van der Waals surface area contributed by atoms with Crippen LogP contribution in [-0.2, 0) is 5.54 Å². The molecular formula is C16H18BrClN5S+. The molecule has 0 aliphatic rings. The first-order valence-corrected chi connectivity index (χ1v) is 9.59. The molecule has 0 spiro atoms. The number of aryl methyl sites for hydroxylation is 1. The highest BCUT2D eigenvalue weighted by Gasteiger charge is 2.34. The maximum absolute atomic E-state index is 6.60. The van der Waals surface area contributed by atoms with Gasteiger partial charge in [-0.2, -0.15) is 0 Å². The Bertz CT molecular complexity index is 938. The van der Waals surface area contributed by atoms with E-state index >= 15 is 0 Å². The first-order valence-electron chi connectivity index (χ1n) is 7.54. The number of rotatable bonds is 3. The van der Waals surface area contributed by atoms with Gasteiger partial charge in [-0.1, -0.05) is 6.92 Å². The summed E-state index contributed by atoms with van der Waals surface area (Å²) in [6, 6.07) is 0. The molecule has 0 saturated heterocycles. The quantitative estimate of drug-likeness (QED) is 0.494. The first kappa shape index (κ1) is 17.5. The van der Waals surface area contributed by atoms with Crippen LogP contribution in [0.1, 0.15) is 32.9 Å². The molecule has 8 heteroatoms. The fourth-order valence-corrected chi connectivity index (χ4v) is 4.70. The van der Waals surface area contributed by atoms with Crippen molar-refractivity contribution in [1.82, 2.24) is 15.0 Å². The van der Waals surface area contributed by atoms with E-state index in [2.05, 4.69) is 61.6 Å². The fraction of sp³-hybridized carbons (Fsp3) is 0.375. The largest absolute Gasteiger partial charge is 0.397 e. The number of nitrogens with two attached hydrogens (primary N) is 1. The van der Waals surface area contributed by atoms with Crippen molar-refractivity contribution in [2.45, 2.75) is 39.7 Å². The summed E-state index contributed by atoms with van der Waals surface area (Å²) in [5.41, 5.74) is 8.96. The van der Waals surface area contributed by atoms with Gasteiger partial charge in [0.25, 0.3) is 0 Å². The van der Waals surface area contributed by atoms with Gasteiger partial charge in [0.2, 0.25) is 11.6 Å². The summed E-state index contributed by atoms with van der Waals surface area (Å²) in [7, 11) is 0. The standard InChI is InChI=1S/C16H17BrClN5S/c1-5-16(3,4)23-12-10(17)7-24-13(12)11(22-14(23)18)9-6-20-15(19)21-8(9)2/h6-7,19H,5H2,1-4H3/p+1. The lowest BCUT2D eigenvalue weighted by molar-refractivity contribution is -0.735. The Labute approximate surface area is 158 Å². The minimum Gasteiger partial charge on any atom is -0.368 e. The lowest BCUT2D eigenvalue weighted by Gasteiger charge is -2.22. The molecule has 0 saturated carbocycles. The van der Waals surface area contributed by atoms with Crippen LogP contribution in [0.25, 0.3) is 21.5 Å². The number of hydrogen-bond acceptors (Lipinski definition) is 5. The van der Waals surface area contributed by atoms with Crippen molar-refractivity contribution in [3.8, 4) is 11.3 Å². The van der Waals surface area contributed by atoms with Crippen LogP contribution < -0.4 is 10.3 Å². The van der Waals surface area contributed by atoms with Crippen LogP contribution in [0.3, 0.4) is 0 Å². The van der Waals surface area contributed by atoms with Crippen LogP contribution in [0, 0.1) is 6.92 Å². The molecule has 3 aromatic rings. The van der Waals surface area contributed by atoms with E-state index in [0.717, 1.165) is 38.1 Å². The maximum atomic E-state index is 6.60. The van der Waals surface area contributed by atoms with Gasteiger partial charge >= 0.3 is 5.28 Å². The zero-order valence-corrected chi connectivity index (χ0v) is 17.1. The van der Waals surface area contributed by atoms with E-state index in [1.54, 1.807) is 17.5 Å². The Morgan fingerprint density at radius 1 is 1.38 bits per heavy atom. The van der Waals surface area contributed by atoms with Crippen molar-refractivity contribution in [2.24, 2.45) is 0 Å². The van der Waals surface area contributed by atoms with E-state index in [9.17, 15) is 0 Å². The lowest BCUT2D eigenvalue weighted by atomic mass is 10.0. The van der Waals surface area contributed by atoms with Gasteiger partial charge < -0.3 is 5.73 Å². The van der Waals surface area contributed by atoms with E-state index < -0.39 is 0 Å². The van der Waals surface area contributed by atoms with Crippen LogP contribution in [-0.4, -0.2) is 15.0 Å². The van der Waals surface area contributed by atoms with Crippen molar-refractivity contribution in [2.75, 3.05) is 5.73 Å². The molecule has 3 rings (SSSR count). The molecule has 0 bridgehead atoms. The third-order valence-corrected chi connectivity index (χ3v) is 6.41. The van der Waals surface area contributed by atoms with Gasteiger partial charge in [-0.25, -0.2) is 14.5 Å². The van der Waals surface area contributed by atoms with Gasteiger partial charge in [-0.3, -0.25) is 0 Å². The molecule has 0 aliphatic carbocycles. The van der Waals surface area contributed by atoms with E-state index in [1.807, 2.05) is 6.92 Å². The third kappa shape index (κ3) is 2.78. The highest BCUT2D eigenvalue weighted by molar-refractivity contribution is 9.10. The van der Waals surface area contributed by atoms with E-state index in [0.29, 0.717) is 5.28 Å². The Morgan fingerprint density at radius 2 is 2.08 bits per heavy atom. The number of fused-ring (bicyclic) bond motifs is 1. The normalized spacial score (nSPS) is 12.1. The van der Waals surface area contributed by atoms with Gasteiger partial charge in [0.05, 0.1) is 15.7 Å². The smallest absolute Gasteiger partial charge is 0.368 e. The third-order valence-electron chi connectivity index (χ3n) is 4.27. The fourth-order valence-electron chi connectivity index (χ4n) is 2.60. The van der Waals surface area contributed by atoms with Gasteiger partial charge in [0.1, 0.15) is 10.2 Å². The number of halogens is 2. The van der Waals surface area contributed by atoms with Crippen molar-refractivity contribution in [3.05, 3.63) is 27.0 Å². The number of thiophene rings is 1. The highest BCUT2D eigenvalue weighted by Crippen LogP contribution is 2.37. The summed E-state index contributed by atoms with van der Waals surface area (Å²) in [6.45, 7) is 8.35. The Kier molecular flexibility index (Phi) is 4.53. The first-order chi connectivity index (χ1) is 11.3. The monoisotopic (exact) mass is 426 g/mol. The minimum absolute atomic E-state index is 0.156. The van der Waals surface area contributed by atoms with Crippen LogP contribution in [0.4, 0.5) is 5.95 Å². The predicted octanol–water partition coefficient (Wildman–Crippen LogP) is 4.49. The molecule has 0 amide bonds. The summed E-state index contributed by atoms with van der Waals surface area (Å²) in [4.78, 5) is 13.1. The highest BCUT2D eigenvalue weighted by atomic mass is 79.9. The maximum Gasteiger partial charge on any atom is 0.397 e. The van der Waals surface area contributed by atoms with Gasteiger partial charge in [-0.05, 0) is 48.1 Å². The second-order valence-electron chi connectivity index (χ2n) is 6.22. The topological polar surface area (TPSA) is 68.6 Å². The molecule has 2 N–H and O–H groups in total. The number of hydrogen-bond donors (Lipinski definition) is 1. The molecule has 0 aliphatic heterocycles. The molecule has 24 heavy (non-hydrogen) atoms. The summed E-state index contributed by atoms with van der Waals surface area (Å²) in [6.07, 6.45) is 2.64. The molecule has 3 aromatic heterocycles. The molecule has 5 nitrogen and oxygen atoms in total. The molecule has 126 valence electrons. The Balaban J connectivity index is 2.40. The molecule has 3 heterocycles. The van der Waals surface area contributed by atoms with Crippen molar-refractivity contribution in [3.63, 3.8) is 0 Å². The number of nitrogens with zero attached hydrogens (tertiary/aromatic N) is 4. The van der Waals surface area contributed by atoms with E-state index in [4.69, 9.17) is 17.3 Å². The van der Waals surface area contributed by atoms with E-state index in [-0.39, 0.29) is 11.5 Å². The molecule has 0 atom stereocenters. The Morgan fingerprint density at radius 3 is 2.71 bits per heavy atom. The molecule has 0 unspecified atom stereocenters. The van der Waals surface area contributed by atoms with Crippen molar-refractivity contribution in [1.29, 1.82) is 0 Å².